The SMILES string of the molecule is Cc1cncc(NC(C)c2cncc(F)c2)c1. The lowest BCUT2D eigenvalue weighted by Gasteiger charge is -2.15. The van der Waals surface area contributed by atoms with Crippen molar-refractivity contribution in [2.45, 2.75) is 19.9 Å². The number of rotatable bonds is 3. The van der Waals surface area contributed by atoms with Crippen LogP contribution in [-0.2, 0) is 0 Å². The van der Waals surface area contributed by atoms with E-state index in [0.29, 0.717) is 0 Å². The lowest BCUT2D eigenvalue weighted by Crippen LogP contribution is -2.07. The summed E-state index contributed by atoms with van der Waals surface area (Å²) in [4.78, 5) is 7.93. The first-order valence-electron chi connectivity index (χ1n) is 5.44. The summed E-state index contributed by atoms with van der Waals surface area (Å²) < 4.78 is 13.0. The number of nitrogens with zero attached hydrogens (tertiary/aromatic N) is 2. The van der Waals surface area contributed by atoms with Crippen molar-refractivity contribution in [3.8, 4) is 0 Å². The van der Waals surface area contributed by atoms with Crippen molar-refractivity contribution in [1.29, 1.82) is 0 Å². The number of aryl methyl sites for hydroxylation is 1. The van der Waals surface area contributed by atoms with Crippen molar-refractivity contribution in [2.24, 2.45) is 0 Å². The number of hydrogen-bond acceptors (Lipinski definition) is 3. The number of hydrogen-bond donors (Lipinski definition) is 1. The molecule has 17 heavy (non-hydrogen) atoms. The van der Waals surface area contributed by atoms with Gasteiger partial charge in [0, 0.05) is 18.6 Å². The Balaban J connectivity index is 2.14. The molecule has 0 bridgehead atoms. The minimum Gasteiger partial charge on any atom is -0.377 e. The normalized spacial score (nSPS) is 12.2. The molecule has 0 aliphatic heterocycles. The van der Waals surface area contributed by atoms with Gasteiger partial charge in [0.25, 0.3) is 0 Å². The molecule has 2 aromatic rings. The number of anilines is 1. The quantitative estimate of drug-likeness (QED) is 0.882. The molecule has 4 heteroatoms. The standard InChI is InChI=1S/C13H14FN3/c1-9-3-13(8-15-5-9)17-10(2)11-4-12(14)7-16-6-11/h3-8,10,17H,1-2H3. The zero-order valence-corrected chi connectivity index (χ0v) is 9.81. The van der Waals surface area contributed by atoms with Gasteiger partial charge in [-0.3, -0.25) is 9.97 Å². The molecule has 2 aromatic heterocycles. The molecular weight excluding hydrogens is 217 g/mol. The second-order valence-corrected chi connectivity index (χ2v) is 4.05. The maximum Gasteiger partial charge on any atom is 0.141 e. The Kier molecular flexibility index (Phi) is 3.32. The molecule has 0 aliphatic rings. The molecule has 0 saturated carbocycles. The molecule has 0 radical (unpaired) electrons. The average Bonchev–Trinajstić information content (AvgIpc) is 2.29. The summed E-state index contributed by atoms with van der Waals surface area (Å²) in [5, 5.41) is 3.26. The monoisotopic (exact) mass is 231 g/mol. The Bertz CT molecular complexity index is 514. The summed E-state index contributed by atoms with van der Waals surface area (Å²) in [5.74, 6) is -0.321. The lowest BCUT2D eigenvalue weighted by molar-refractivity contribution is 0.616. The topological polar surface area (TPSA) is 37.8 Å². The van der Waals surface area contributed by atoms with Crippen LogP contribution < -0.4 is 5.32 Å². The molecule has 0 aliphatic carbocycles. The summed E-state index contributed by atoms with van der Waals surface area (Å²) >= 11 is 0. The van der Waals surface area contributed by atoms with E-state index < -0.39 is 0 Å². The first kappa shape index (κ1) is 11.5. The highest BCUT2D eigenvalue weighted by Crippen LogP contribution is 2.18. The van der Waals surface area contributed by atoms with Gasteiger partial charge in [0.1, 0.15) is 5.82 Å². The first-order chi connectivity index (χ1) is 8.15. The predicted molar refractivity (Wildman–Crippen MR) is 65.2 cm³/mol. The summed E-state index contributed by atoms with van der Waals surface area (Å²) in [6.07, 6.45) is 6.39. The van der Waals surface area contributed by atoms with Crippen molar-refractivity contribution in [3.63, 3.8) is 0 Å². The van der Waals surface area contributed by atoms with E-state index in [1.807, 2.05) is 19.9 Å². The van der Waals surface area contributed by atoms with E-state index in [0.717, 1.165) is 16.8 Å². The smallest absolute Gasteiger partial charge is 0.141 e. The van der Waals surface area contributed by atoms with Gasteiger partial charge in [0.2, 0.25) is 0 Å². The van der Waals surface area contributed by atoms with Gasteiger partial charge in [-0.25, -0.2) is 4.39 Å². The van der Waals surface area contributed by atoms with E-state index in [9.17, 15) is 4.39 Å². The van der Waals surface area contributed by atoms with Gasteiger partial charge in [-0.2, -0.15) is 0 Å². The molecule has 1 unspecified atom stereocenters. The van der Waals surface area contributed by atoms with Crippen LogP contribution in [0.1, 0.15) is 24.1 Å². The van der Waals surface area contributed by atoms with Gasteiger partial charge in [0.15, 0.2) is 0 Å². The minimum absolute atomic E-state index is 0.0122. The van der Waals surface area contributed by atoms with Crippen molar-refractivity contribution < 1.29 is 4.39 Å². The molecule has 0 saturated heterocycles. The van der Waals surface area contributed by atoms with E-state index in [1.54, 1.807) is 18.6 Å². The lowest BCUT2D eigenvalue weighted by atomic mass is 10.1. The van der Waals surface area contributed by atoms with Gasteiger partial charge in [-0.15, -0.1) is 0 Å². The van der Waals surface area contributed by atoms with E-state index >= 15 is 0 Å². The molecule has 2 rings (SSSR count). The Hall–Kier alpha value is -1.97. The minimum atomic E-state index is -0.321. The largest absolute Gasteiger partial charge is 0.377 e. The highest BCUT2D eigenvalue weighted by molar-refractivity contribution is 5.44. The Morgan fingerprint density at radius 1 is 1.12 bits per heavy atom. The van der Waals surface area contributed by atoms with Gasteiger partial charge in [-0.1, -0.05) is 0 Å². The number of nitrogens with one attached hydrogen (secondary N) is 1. The molecule has 88 valence electrons. The van der Waals surface area contributed by atoms with Crippen LogP contribution >= 0.6 is 0 Å². The fourth-order valence-corrected chi connectivity index (χ4v) is 1.63. The second kappa shape index (κ2) is 4.91. The van der Waals surface area contributed by atoms with Crippen LogP contribution in [0.2, 0.25) is 0 Å². The molecular formula is C13H14FN3. The van der Waals surface area contributed by atoms with Gasteiger partial charge >= 0.3 is 0 Å². The maximum atomic E-state index is 13.0. The van der Waals surface area contributed by atoms with Crippen LogP contribution in [0.3, 0.4) is 0 Å². The van der Waals surface area contributed by atoms with Crippen molar-refractivity contribution in [2.75, 3.05) is 5.32 Å². The molecule has 0 fully saturated rings. The Morgan fingerprint density at radius 2 is 1.88 bits per heavy atom. The van der Waals surface area contributed by atoms with E-state index in [2.05, 4.69) is 15.3 Å². The van der Waals surface area contributed by atoms with Gasteiger partial charge in [0.05, 0.1) is 17.9 Å². The molecule has 0 aromatic carbocycles. The molecule has 0 amide bonds. The summed E-state index contributed by atoms with van der Waals surface area (Å²) in [6, 6.07) is 3.46. The van der Waals surface area contributed by atoms with Gasteiger partial charge in [-0.05, 0) is 37.1 Å². The van der Waals surface area contributed by atoms with Crippen LogP contribution in [0.15, 0.2) is 36.9 Å². The Morgan fingerprint density at radius 3 is 2.59 bits per heavy atom. The molecule has 1 N–H and O–H groups in total. The first-order valence-corrected chi connectivity index (χ1v) is 5.44. The summed E-state index contributed by atoms with van der Waals surface area (Å²) in [6.45, 7) is 3.94. The Labute approximate surface area is 99.7 Å². The molecule has 3 nitrogen and oxygen atoms in total. The number of aromatic nitrogens is 2. The zero-order chi connectivity index (χ0) is 12.3. The fraction of sp³-hybridized carbons (Fsp3) is 0.231. The van der Waals surface area contributed by atoms with Crippen LogP contribution in [0.25, 0.3) is 0 Å². The third kappa shape index (κ3) is 3.00. The number of pyridine rings is 2. The highest BCUT2D eigenvalue weighted by Gasteiger charge is 2.06. The third-order valence-electron chi connectivity index (χ3n) is 2.48. The molecule has 0 spiro atoms. The molecule has 2 heterocycles. The summed E-state index contributed by atoms with van der Waals surface area (Å²) in [5.41, 5.74) is 2.81. The second-order valence-electron chi connectivity index (χ2n) is 4.05. The highest BCUT2D eigenvalue weighted by atomic mass is 19.1. The predicted octanol–water partition coefficient (Wildman–Crippen LogP) is 3.10. The van der Waals surface area contributed by atoms with Crippen molar-refractivity contribution in [1.82, 2.24) is 9.97 Å². The summed E-state index contributed by atoms with van der Waals surface area (Å²) in [7, 11) is 0. The average molecular weight is 231 g/mol. The number of halogens is 1. The van der Waals surface area contributed by atoms with Crippen molar-refractivity contribution >= 4 is 5.69 Å². The van der Waals surface area contributed by atoms with Crippen LogP contribution in [-0.4, -0.2) is 9.97 Å². The van der Waals surface area contributed by atoms with Crippen molar-refractivity contribution in [3.05, 3.63) is 53.9 Å². The van der Waals surface area contributed by atoms with Crippen LogP contribution in [0.4, 0.5) is 10.1 Å². The third-order valence-corrected chi connectivity index (χ3v) is 2.48. The van der Waals surface area contributed by atoms with Crippen LogP contribution in [0, 0.1) is 12.7 Å². The van der Waals surface area contributed by atoms with Gasteiger partial charge < -0.3 is 5.32 Å². The maximum absolute atomic E-state index is 13.0. The van der Waals surface area contributed by atoms with E-state index in [-0.39, 0.29) is 11.9 Å². The molecule has 1 atom stereocenters. The van der Waals surface area contributed by atoms with Crippen LogP contribution in [0.5, 0.6) is 0 Å². The van der Waals surface area contributed by atoms with E-state index in [4.69, 9.17) is 0 Å². The zero-order valence-electron chi connectivity index (χ0n) is 9.81. The van der Waals surface area contributed by atoms with E-state index in [1.165, 1.54) is 12.3 Å². The fourth-order valence-electron chi connectivity index (χ4n) is 1.63.